The molecule has 0 aliphatic carbocycles. The number of piperidine rings is 1. The molecule has 2 aromatic rings. The molecular weight excluding hydrogens is 334 g/mol. The van der Waals surface area contributed by atoms with Crippen LogP contribution < -0.4 is 0 Å². The number of amides is 1. The quantitative estimate of drug-likeness (QED) is 0.836. The van der Waals surface area contributed by atoms with Crippen LogP contribution in [0.3, 0.4) is 0 Å². The first-order valence-electron chi connectivity index (χ1n) is 9.01. The fraction of sp³-hybridized carbons (Fsp3) is 0.526. The second kappa shape index (κ2) is 7.17. The van der Waals surface area contributed by atoms with Crippen molar-refractivity contribution in [2.45, 2.75) is 44.5 Å². The lowest BCUT2D eigenvalue weighted by Gasteiger charge is -2.38. The van der Waals surface area contributed by atoms with Crippen LogP contribution in [0, 0.1) is 6.92 Å². The lowest BCUT2D eigenvalue weighted by Crippen LogP contribution is -2.46. The van der Waals surface area contributed by atoms with Crippen LogP contribution in [0.1, 0.15) is 41.1 Å². The molecule has 26 heavy (non-hydrogen) atoms. The number of aryl methyl sites for hydroxylation is 1. The molecule has 0 N–H and O–H groups in total. The number of hydrogen-bond donors (Lipinski definition) is 0. The van der Waals surface area contributed by atoms with Gasteiger partial charge in [0.2, 0.25) is 0 Å². The van der Waals surface area contributed by atoms with Gasteiger partial charge in [0.15, 0.2) is 5.69 Å². The third-order valence-electron chi connectivity index (χ3n) is 5.19. The molecule has 0 bridgehead atoms. The second-order valence-electron chi connectivity index (χ2n) is 7.11. The van der Waals surface area contributed by atoms with Crippen molar-refractivity contribution in [1.82, 2.24) is 15.0 Å². The van der Waals surface area contributed by atoms with Gasteiger partial charge >= 0.3 is 0 Å². The maximum Gasteiger partial charge on any atom is 0.276 e. The van der Waals surface area contributed by atoms with Gasteiger partial charge in [-0.25, -0.2) is 0 Å². The van der Waals surface area contributed by atoms with Crippen LogP contribution in [0.4, 0.5) is 0 Å². The molecule has 4 heterocycles. The molecule has 0 aromatic carbocycles. The Morgan fingerprint density at radius 1 is 1.42 bits per heavy atom. The van der Waals surface area contributed by atoms with Gasteiger partial charge in [0.1, 0.15) is 5.76 Å². The Morgan fingerprint density at radius 3 is 2.96 bits per heavy atom. The number of carbonyl (C=O) groups excluding carboxylic acids is 1. The van der Waals surface area contributed by atoms with Crippen molar-refractivity contribution in [1.29, 1.82) is 0 Å². The molecule has 2 aliphatic heterocycles. The van der Waals surface area contributed by atoms with E-state index in [0.29, 0.717) is 37.8 Å². The molecule has 0 saturated carbocycles. The summed E-state index contributed by atoms with van der Waals surface area (Å²) in [5.41, 5.74) is 1.27. The standard InChI is InChI=1S/C19H23N3O4/c1-14-9-17(21-26-14)18(23)22-7-4-19(5-8-22)10-16(13-25-19)24-12-15-3-2-6-20-11-15/h2-3,6,9,11,16H,4-5,7-8,10,12-13H2,1H3/t16-/m0/s1. The Hall–Kier alpha value is -2.25. The summed E-state index contributed by atoms with van der Waals surface area (Å²) in [6.07, 6.45) is 6.19. The molecule has 0 radical (unpaired) electrons. The van der Waals surface area contributed by atoms with Gasteiger partial charge in [-0.2, -0.15) is 0 Å². The van der Waals surface area contributed by atoms with Gasteiger partial charge in [0, 0.05) is 38.0 Å². The van der Waals surface area contributed by atoms with Crippen LogP contribution in [-0.2, 0) is 16.1 Å². The van der Waals surface area contributed by atoms with E-state index in [1.807, 2.05) is 23.2 Å². The van der Waals surface area contributed by atoms with Crippen molar-refractivity contribution in [2.75, 3.05) is 19.7 Å². The molecule has 1 spiro atoms. The SMILES string of the molecule is Cc1cc(C(=O)N2CCC3(CC2)C[C@H](OCc2cccnc2)CO3)no1. The van der Waals surface area contributed by atoms with Crippen LogP contribution >= 0.6 is 0 Å². The van der Waals surface area contributed by atoms with Gasteiger partial charge in [0.25, 0.3) is 5.91 Å². The van der Waals surface area contributed by atoms with Crippen molar-refractivity contribution < 1.29 is 18.8 Å². The van der Waals surface area contributed by atoms with E-state index in [4.69, 9.17) is 14.0 Å². The molecular formula is C19H23N3O4. The van der Waals surface area contributed by atoms with Crippen molar-refractivity contribution in [3.63, 3.8) is 0 Å². The first kappa shape index (κ1) is 17.2. The number of hydrogen-bond acceptors (Lipinski definition) is 6. The highest BCUT2D eigenvalue weighted by Crippen LogP contribution is 2.37. The van der Waals surface area contributed by atoms with Crippen molar-refractivity contribution >= 4 is 5.91 Å². The summed E-state index contributed by atoms with van der Waals surface area (Å²) in [7, 11) is 0. The number of rotatable bonds is 4. The van der Waals surface area contributed by atoms with Gasteiger partial charge in [-0.15, -0.1) is 0 Å². The minimum atomic E-state index is -0.171. The molecule has 138 valence electrons. The van der Waals surface area contributed by atoms with Gasteiger partial charge in [-0.1, -0.05) is 11.2 Å². The number of ether oxygens (including phenoxy) is 2. The molecule has 2 saturated heterocycles. The Morgan fingerprint density at radius 2 is 2.27 bits per heavy atom. The first-order valence-corrected chi connectivity index (χ1v) is 9.01. The van der Waals surface area contributed by atoms with Crippen molar-refractivity contribution in [2.24, 2.45) is 0 Å². The Balaban J connectivity index is 1.28. The number of nitrogens with zero attached hydrogens (tertiary/aromatic N) is 3. The van der Waals surface area contributed by atoms with Crippen LogP contribution in [-0.4, -0.2) is 52.3 Å². The summed E-state index contributed by atoms with van der Waals surface area (Å²) in [5.74, 6) is 0.577. The van der Waals surface area contributed by atoms with E-state index in [1.165, 1.54) is 0 Å². The minimum Gasteiger partial charge on any atom is -0.372 e. The van der Waals surface area contributed by atoms with Crippen LogP contribution in [0.5, 0.6) is 0 Å². The van der Waals surface area contributed by atoms with E-state index in [0.717, 1.165) is 24.8 Å². The molecule has 2 fully saturated rings. The highest BCUT2D eigenvalue weighted by atomic mass is 16.6. The predicted octanol–water partition coefficient (Wildman–Crippen LogP) is 2.36. The molecule has 2 aliphatic rings. The Kier molecular flexibility index (Phi) is 4.74. The molecule has 4 rings (SSSR count). The maximum atomic E-state index is 12.5. The summed E-state index contributed by atoms with van der Waals surface area (Å²) < 4.78 is 17.1. The second-order valence-corrected chi connectivity index (χ2v) is 7.11. The lowest BCUT2D eigenvalue weighted by atomic mass is 9.88. The summed E-state index contributed by atoms with van der Waals surface area (Å²) in [6.45, 7) is 4.28. The zero-order valence-electron chi connectivity index (χ0n) is 14.9. The fourth-order valence-electron chi connectivity index (χ4n) is 3.70. The van der Waals surface area contributed by atoms with Gasteiger partial charge in [-0.3, -0.25) is 9.78 Å². The normalized spacial score (nSPS) is 22.0. The van der Waals surface area contributed by atoms with E-state index in [9.17, 15) is 4.79 Å². The molecule has 0 unspecified atom stereocenters. The summed E-state index contributed by atoms with van der Waals surface area (Å²) in [6, 6.07) is 5.60. The average Bonchev–Trinajstić information content (AvgIpc) is 3.28. The maximum absolute atomic E-state index is 12.5. The highest BCUT2D eigenvalue weighted by molar-refractivity contribution is 5.92. The monoisotopic (exact) mass is 357 g/mol. The average molecular weight is 357 g/mol. The Bertz CT molecular complexity index is 753. The fourth-order valence-corrected chi connectivity index (χ4v) is 3.70. The van der Waals surface area contributed by atoms with Crippen LogP contribution in [0.2, 0.25) is 0 Å². The van der Waals surface area contributed by atoms with Gasteiger partial charge in [-0.05, 0) is 31.4 Å². The minimum absolute atomic E-state index is 0.0703. The summed E-state index contributed by atoms with van der Waals surface area (Å²) >= 11 is 0. The summed E-state index contributed by atoms with van der Waals surface area (Å²) in [5, 5.41) is 3.82. The third kappa shape index (κ3) is 3.64. The zero-order valence-corrected chi connectivity index (χ0v) is 14.9. The molecule has 1 atom stereocenters. The summed E-state index contributed by atoms with van der Waals surface area (Å²) in [4.78, 5) is 18.4. The lowest BCUT2D eigenvalue weighted by molar-refractivity contribution is -0.0413. The number of aromatic nitrogens is 2. The molecule has 7 heteroatoms. The highest BCUT2D eigenvalue weighted by Gasteiger charge is 2.44. The van der Waals surface area contributed by atoms with Gasteiger partial charge in [0.05, 0.1) is 24.9 Å². The Labute approximate surface area is 152 Å². The van der Waals surface area contributed by atoms with Crippen molar-refractivity contribution in [3.05, 3.63) is 47.6 Å². The van der Waals surface area contributed by atoms with E-state index in [-0.39, 0.29) is 17.6 Å². The van der Waals surface area contributed by atoms with Crippen molar-refractivity contribution in [3.8, 4) is 0 Å². The third-order valence-corrected chi connectivity index (χ3v) is 5.19. The van der Waals surface area contributed by atoms with E-state index in [2.05, 4.69) is 10.1 Å². The number of carbonyl (C=O) groups is 1. The van der Waals surface area contributed by atoms with E-state index < -0.39 is 0 Å². The smallest absolute Gasteiger partial charge is 0.276 e. The number of pyridine rings is 1. The van der Waals surface area contributed by atoms with Crippen LogP contribution in [0.15, 0.2) is 35.1 Å². The molecule has 1 amide bonds. The zero-order chi connectivity index (χ0) is 18.0. The number of likely N-dealkylation sites (tertiary alicyclic amines) is 1. The largest absolute Gasteiger partial charge is 0.372 e. The van der Waals surface area contributed by atoms with E-state index in [1.54, 1.807) is 19.2 Å². The molecule has 7 nitrogen and oxygen atoms in total. The molecule has 2 aromatic heterocycles. The first-order chi connectivity index (χ1) is 12.6. The van der Waals surface area contributed by atoms with Crippen LogP contribution in [0.25, 0.3) is 0 Å². The van der Waals surface area contributed by atoms with Gasteiger partial charge < -0.3 is 18.9 Å². The topological polar surface area (TPSA) is 77.7 Å². The van der Waals surface area contributed by atoms with E-state index >= 15 is 0 Å². The predicted molar refractivity (Wildman–Crippen MR) is 92.5 cm³/mol.